The Morgan fingerprint density at radius 3 is 2.42 bits per heavy atom. The Bertz CT molecular complexity index is 806. The number of amides is 1. The Morgan fingerprint density at radius 1 is 1.15 bits per heavy atom. The van der Waals surface area contributed by atoms with E-state index in [2.05, 4.69) is 5.32 Å². The molecule has 0 aliphatic rings. The fraction of sp³-hybridized carbons (Fsp3) is 0.316. The standard InChI is InChI=1S/C19H19ClF3NO2/c1-4-17(26-14-7-5-11(2)12(3)9-14)18(25)24-16-8-6-13(20)10-15(16)19(21,22)23/h5-10,17H,4H2,1-3H3,(H,24,25)/t17-/m1/s1. The molecule has 0 aliphatic heterocycles. The molecule has 0 unspecified atom stereocenters. The summed E-state index contributed by atoms with van der Waals surface area (Å²) < 4.78 is 45.1. The fourth-order valence-corrected chi connectivity index (χ4v) is 2.52. The van der Waals surface area contributed by atoms with Crippen LogP contribution in [0.25, 0.3) is 0 Å². The van der Waals surface area contributed by atoms with Gasteiger partial charge in [0.1, 0.15) is 5.75 Å². The Kier molecular flexibility index (Phi) is 6.18. The van der Waals surface area contributed by atoms with Gasteiger partial charge in [-0.25, -0.2) is 0 Å². The summed E-state index contributed by atoms with van der Waals surface area (Å²) in [5.74, 6) is -0.166. The number of hydrogen-bond acceptors (Lipinski definition) is 2. The van der Waals surface area contributed by atoms with Gasteiger partial charge in [0.2, 0.25) is 0 Å². The second-order valence-electron chi connectivity index (χ2n) is 5.94. The summed E-state index contributed by atoms with van der Waals surface area (Å²) in [5, 5.41) is 2.24. The average molecular weight is 386 g/mol. The molecule has 2 rings (SSSR count). The highest BCUT2D eigenvalue weighted by Gasteiger charge is 2.34. The van der Waals surface area contributed by atoms with E-state index in [1.165, 1.54) is 6.07 Å². The summed E-state index contributed by atoms with van der Waals surface area (Å²) in [6.07, 6.45) is -5.26. The summed E-state index contributed by atoms with van der Waals surface area (Å²) in [7, 11) is 0. The first-order chi connectivity index (χ1) is 12.1. The fourth-order valence-electron chi connectivity index (χ4n) is 2.35. The van der Waals surface area contributed by atoms with Crippen LogP contribution in [-0.2, 0) is 11.0 Å². The molecule has 3 nitrogen and oxygen atoms in total. The molecule has 1 amide bonds. The number of nitrogens with one attached hydrogen (secondary N) is 1. The van der Waals surface area contributed by atoms with Gasteiger partial charge in [0.05, 0.1) is 11.3 Å². The number of alkyl halides is 3. The van der Waals surface area contributed by atoms with Crippen molar-refractivity contribution in [2.24, 2.45) is 0 Å². The van der Waals surface area contributed by atoms with Gasteiger partial charge in [-0.2, -0.15) is 13.2 Å². The molecule has 1 atom stereocenters. The van der Waals surface area contributed by atoms with Crippen LogP contribution >= 0.6 is 11.6 Å². The average Bonchev–Trinajstić information content (AvgIpc) is 2.56. The largest absolute Gasteiger partial charge is 0.481 e. The van der Waals surface area contributed by atoms with Crippen molar-refractivity contribution in [2.45, 2.75) is 39.5 Å². The zero-order chi connectivity index (χ0) is 19.5. The summed E-state index contributed by atoms with van der Waals surface area (Å²) in [6.45, 7) is 5.58. The van der Waals surface area contributed by atoms with Gasteiger partial charge >= 0.3 is 6.18 Å². The molecule has 0 heterocycles. The summed E-state index contributed by atoms with van der Waals surface area (Å²) in [4.78, 5) is 12.4. The van der Waals surface area contributed by atoms with E-state index in [1.54, 1.807) is 19.1 Å². The number of halogens is 4. The first-order valence-electron chi connectivity index (χ1n) is 8.03. The van der Waals surface area contributed by atoms with Gasteiger partial charge in [0.25, 0.3) is 5.91 Å². The maximum absolute atomic E-state index is 13.1. The highest BCUT2D eigenvalue weighted by molar-refractivity contribution is 6.30. The van der Waals surface area contributed by atoms with Crippen LogP contribution in [0.4, 0.5) is 18.9 Å². The van der Waals surface area contributed by atoms with Crippen molar-refractivity contribution in [1.82, 2.24) is 0 Å². The van der Waals surface area contributed by atoms with E-state index in [4.69, 9.17) is 16.3 Å². The van der Waals surface area contributed by atoms with Crippen LogP contribution in [0.5, 0.6) is 5.75 Å². The lowest BCUT2D eigenvalue weighted by Gasteiger charge is -2.20. The summed E-state index contributed by atoms with van der Waals surface area (Å²) >= 11 is 5.65. The SMILES string of the molecule is CC[C@@H](Oc1ccc(C)c(C)c1)C(=O)Nc1ccc(Cl)cc1C(F)(F)F. The third-order valence-corrected chi connectivity index (χ3v) is 4.20. The number of aryl methyl sites for hydroxylation is 2. The molecule has 7 heteroatoms. The zero-order valence-electron chi connectivity index (χ0n) is 14.6. The van der Waals surface area contributed by atoms with E-state index in [1.807, 2.05) is 19.9 Å². The van der Waals surface area contributed by atoms with Crippen LogP contribution in [0.2, 0.25) is 5.02 Å². The van der Waals surface area contributed by atoms with Crippen LogP contribution in [-0.4, -0.2) is 12.0 Å². The molecule has 0 bridgehead atoms. The van der Waals surface area contributed by atoms with Crippen molar-refractivity contribution in [2.75, 3.05) is 5.32 Å². The van der Waals surface area contributed by atoms with Crippen LogP contribution < -0.4 is 10.1 Å². The minimum absolute atomic E-state index is 0.0613. The van der Waals surface area contributed by atoms with E-state index in [0.717, 1.165) is 23.3 Å². The van der Waals surface area contributed by atoms with Crippen LogP contribution in [0.15, 0.2) is 36.4 Å². The van der Waals surface area contributed by atoms with E-state index < -0.39 is 23.8 Å². The topological polar surface area (TPSA) is 38.3 Å². The van der Waals surface area contributed by atoms with Crippen LogP contribution in [0.3, 0.4) is 0 Å². The third kappa shape index (κ3) is 4.91. The second-order valence-corrected chi connectivity index (χ2v) is 6.37. The summed E-state index contributed by atoms with van der Waals surface area (Å²) in [5.41, 5.74) is 0.717. The molecule has 140 valence electrons. The molecular weight excluding hydrogens is 367 g/mol. The Labute approximate surface area is 155 Å². The van der Waals surface area contributed by atoms with Gasteiger partial charge in [-0.15, -0.1) is 0 Å². The summed E-state index contributed by atoms with van der Waals surface area (Å²) in [6, 6.07) is 8.57. The second kappa shape index (κ2) is 7.99. The lowest BCUT2D eigenvalue weighted by molar-refractivity contribution is -0.137. The molecule has 0 saturated heterocycles. The lowest BCUT2D eigenvalue weighted by atomic mass is 10.1. The quantitative estimate of drug-likeness (QED) is 0.709. The van der Waals surface area contributed by atoms with Crippen molar-refractivity contribution < 1.29 is 22.7 Å². The minimum atomic E-state index is -4.63. The third-order valence-electron chi connectivity index (χ3n) is 3.96. The molecule has 0 fully saturated rings. The smallest absolute Gasteiger partial charge is 0.418 e. The maximum Gasteiger partial charge on any atom is 0.418 e. The molecule has 0 radical (unpaired) electrons. The predicted octanol–water partition coefficient (Wildman–Crippen LogP) is 5.77. The van der Waals surface area contributed by atoms with E-state index in [9.17, 15) is 18.0 Å². The number of anilines is 1. The van der Waals surface area contributed by atoms with Crippen molar-refractivity contribution >= 4 is 23.2 Å². The van der Waals surface area contributed by atoms with Crippen molar-refractivity contribution in [1.29, 1.82) is 0 Å². The van der Waals surface area contributed by atoms with Crippen molar-refractivity contribution in [3.63, 3.8) is 0 Å². The van der Waals surface area contributed by atoms with Gasteiger partial charge in [-0.05, 0) is 61.7 Å². The van der Waals surface area contributed by atoms with Gasteiger partial charge < -0.3 is 10.1 Å². The van der Waals surface area contributed by atoms with Crippen LogP contribution in [0, 0.1) is 13.8 Å². The molecule has 1 N–H and O–H groups in total. The first-order valence-corrected chi connectivity index (χ1v) is 8.41. The Hall–Kier alpha value is -2.21. The molecule has 0 aliphatic carbocycles. The van der Waals surface area contributed by atoms with E-state index in [-0.39, 0.29) is 10.7 Å². The lowest BCUT2D eigenvalue weighted by Crippen LogP contribution is -2.33. The monoisotopic (exact) mass is 385 g/mol. The van der Waals surface area contributed by atoms with E-state index >= 15 is 0 Å². The number of carbonyl (C=O) groups excluding carboxylic acids is 1. The highest BCUT2D eigenvalue weighted by atomic mass is 35.5. The number of rotatable bonds is 5. The molecule has 26 heavy (non-hydrogen) atoms. The maximum atomic E-state index is 13.1. The number of carbonyl (C=O) groups is 1. The minimum Gasteiger partial charge on any atom is -0.481 e. The van der Waals surface area contributed by atoms with Gasteiger partial charge in [0, 0.05) is 5.02 Å². The van der Waals surface area contributed by atoms with Gasteiger partial charge in [-0.3, -0.25) is 4.79 Å². The molecule has 2 aromatic rings. The normalized spacial score (nSPS) is 12.6. The number of ether oxygens (including phenoxy) is 1. The number of hydrogen-bond donors (Lipinski definition) is 1. The molecule has 2 aromatic carbocycles. The van der Waals surface area contributed by atoms with E-state index in [0.29, 0.717) is 12.2 Å². The van der Waals surface area contributed by atoms with Crippen molar-refractivity contribution in [3.05, 3.63) is 58.1 Å². The highest BCUT2D eigenvalue weighted by Crippen LogP contribution is 2.36. The zero-order valence-corrected chi connectivity index (χ0v) is 15.3. The van der Waals surface area contributed by atoms with Gasteiger partial charge in [0.15, 0.2) is 6.10 Å². The molecule has 0 saturated carbocycles. The Balaban J connectivity index is 2.20. The first kappa shape index (κ1) is 20.1. The molecular formula is C19H19ClF3NO2. The molecule has 0 aromatic heterocycles. The number of benzene rings is 2. The molecule has 0 spiro atoms. The van der Waals surface area contributed by atoms with Crippen molar-refractivity contribution in [3.8, 4) is 5.75 Å². The Morgan fingerprint density at radius 2 is 1.85 bits per heavy atom. The predicted molar refractivity (Wildman–Crippen MR) is 95.7 cm³/mol. The van der Waals surface area contributed by atoms with Gasteiger partial charge in [-0.1, -0.05) is 24.6 Å². The van der Waals surface area contributed by atoms with Crippen LogP contribution in [0.1, 0.15) is 30.0 Å².